The first-order valence-corrected chi connectivity index (χ1v) is 4.41. The second kappa shape index (κ2) is 3.32. The number of allylic oxidation sites excluding steroid dienone is 1. The predicted molar refractivity (Wildman–Crippen MR) is 50.1 cm³/mol. The van der Waals surface area contributed by atoms with E-state index in [9.17, 15) is 9.59 Å². The van der Waals surface area contributed by atoms with Crippen molar-refractivity contribution in [3.05, 3.63) is 12.2 Å². The van der Waals surface area contributed by atoms with Crippen LogP contribution in [0.3, 0.4) is 0 Å². The maximum atomic E-state index is 11.1. The van der Waals surface area contributed by atoms with Gasteiger partial charge in [0.2, 0.25) is 5.91 Å². The van der Waals surface area contributed by atoms with Gasteiger partial charge in [-0.05, 0) is 6.08 Å². The number of ketones is 1. The van der Waals surface area contributed by atoms with Crippen molar-refractivity contribution in [2.45, 2.75) is 33.2 Å². The lowest BCUT2D eigenvalue weighted by molar-refractivity contribution is -0.121. The van der Waals surface area contributed by atoms with E-state index in [2.05, 4.69) is 5.32 Å². The van der Waals surface area contributed by atoms with Crippen LogP contribution in [0.4, 0.5) is 0 Å². The minimum Gasteiger partial charge on any atom is -0.352 e. The third-order valence-electron chi connectivity index (χ3n) is 2.38. The number of rotatable bonds is 1. The monoisotopic (exact) mass is 181 g/mol. The minimum atomic E-state index is -0.125. The van der Waals surface area contributed by atoms with Gasteiger partial charge in [0.15, 0.2) is 5.78 Å². The molecular weight excluding hydrogens is 166 g/mol. The highest BCUT2D eigenvalue weighted by atomic mass is 16.1. The summed E-state index contributed by atoms with van der Waals surface area (Å²) >= 11 is 0. The highest BCUT2D eigenvalue weighted by Gasteiger charge is 2.32. The molecule has 0 heterocycles. The van der Waals surface area contributed by atoms with Crippen molar-refractivity contribution >= 4 is 11.7 Å². The quantitative estimate of drug-likeness (QED) is 0.657. The van der Waals surface area contributed by atoms with Gasteiger partial charge >= 0.3 is 0 Å². The Hall–Kier alpha value is -1.12. The Balaban J connectivity index is 2.78. The van der Waals surface area contributed by atoms with E-state index in [4.69, 9.17) is 0 Å². The zero-order chi connectivity index (χ0) is 10.1. The Bertz CT molecular complexity index is 266. The van der Waals surface area contributed by atoms with Crippen LogP contribution < -0.4 is 5.32 Å². The fourth-order valence-electron chi connectivity index (χ4n) is 1.44. The summed E-state index contributed by atoms with van der Waals surface area (Å²) in [5, 5.41) is 2.79. The van der Waals surface area contributed by atoms with E-state index in [1.54, 1.807) is 6.08 Å². The molecule has 0 aromatic rings. The van der Waals surface area contributed by atoms with Crippen molar-refractivity contribution in [1.29, 1.82) is 0 Å². The van der Waals surface area contributed by atoms with E-state index < -0.39 is 0 Å². The van der Waals surface area contributed by atoms with Gasteiger partial charge in [0.1, 0.15) is 0 Å². The van der Waals surface area contributed by atoms with Crippen molar-refractivity contribution in [2.75, 3.05) is 0 Å². The topological polar surface area (TPSA) is 46.2 Å². The molecule has 0 fully saturated rings. The maximum absolute atomic E-state index is 11.1. The van der Waals surface area contributed by atoms with E-state index in [1.165, 1.54) is 6.92 Å². The van der Waals surface area contributed by atoms with Crippen LogP contribution in [0.25, 0.3) is 0 Å². The molecule has 1 amide bonds. The van der Waals surface area contributed by atoms with E-state index >= 15 is 0 Å². The molecule has 1 atom stereocenters. The second-order valence-electron chi connectivity index (χ2n) is 4.08. The van der Waals surface area contributed by atoms with E-state index in [0.29, 0.717) is 6.42 Å². The van der Waals surface area contributed by atoms with Crippen LogP contribution in [0.2, 0.25) is 0 Å². The first-order chi connectivity index (χ1) is 5.92. The van der Waals surface area contributed by atoms with Gasteiger partial charge in [-0.25, -0.2) is 0 Å². The number of hydrogen-bond donors (Lipinski definition) is 1. The Morgan fingerprint density at radius 2 is 2.23 bits per heavy atom. The molecule has 72 valence electrons. The van der Waals surface area contributed by atoms with Crippen LogP contribution in [0, 0.1) is 5.41 Å². The Kier molecular flexibility index (Phi) is 2.55. The molecule has 3 heteroatoms. The minimum absolute atomic E-state index is 0.0671. The maximum Gasteiger partial charge on any atom is 0.217 e. The van der Waals surface area contributed by atoms with Crippen molar-refractivity contribution in [1.82, 2.24) is 5.32 Å². The van der Waals surface area contributed by atoms with Crippen molar-refractivity contribution in [2.24, 2.45) is 5.41 Å². The molecule has 3 nitrogen and oxygen atoms in total. The highest BCUT2D eigenvalue weighted by molar-refractivity contribution is 5.91. The smallest absolute Gasteiger partial charge is 0.217 e. The molecular formula is C10H15NO2. The number of amides is 1. The van der Waals surface area contributed by atoms with Gasteiger partial charge in [0, 0.05) is 24.8 Å². The van der Waals surface area contributed by atoms with E-state index in [1.807, 2.05) is 19.9 Å². The SMILES string of the molecule is CC(=O)NC1CC(=O)C=CC1(C)C. The molecule has 0 saturated carbocycles. The molecule has 13 heavy (non-hydrogen) atoms. The zero-order valence-corrected chi connectivity index (χ0v) is 8.26. The number of carbonyl (C=O) groups excluding carboxylic acids is 2. The van der Waals surface area contributed by atoms with Crippen LogP contribution in [-0.2, 0) is 9.59 Å². The summed E-state index contributed by atoms with van der Waals surface area (Å²) in [5.41, 5.74) is -0.125. The van der Waals surface area contributed by atoms with Crippen LogP contribution in [-0.4, -0.2) is 17.7 Å². The van der Waals surface area contributed by atoms with Gasteiger partial charge in [-0.15, -0.1) is 0 Å². The van der Waals surface area contributed by atoms with Crippen molar-refractivity contribution in [3.8, 4) is 0 Å². The van der Waals surface area contributed by atoms with Crippen LogP contribution >= 0.6 is 0 Å². The lowest BCUT2D eigenvalue weighted by atomic mass is 9.77. The second-order valence-corrected chi connectivity index (χ2v) is 4.08. The molecule has 0 radical (unpaired) electrons. The molecule has 0 spiro atoms. The standard InChI is InChI=1S/C10H15NO2/c1-7(12)11-9-6-8(13)4-5-10(9,2)3/h4-5,9H,6H2,1-3H3,(H,11,12). The molecule has 1 N–H and O–H groups in total. The predicted octanol–water partition coefficient (Wildman–Crippen LogP) is 1.05. The highest BCUT2D eigenvalue weighted by Crippen LogP contribution is 2.28. The fourth-order valence-corrected chi connectivity index (χ4v) is 1.44. The first kappa shape index (κ1) is 9.96. The fraction of sp³-hybridized carbons (Fsp3) is 0.600. The van der Waals surface area contributed by atoms with Crippen LogP contribution in [0.5, 0.6) is 0 Å². The molecule has 0 aliphatic heterocycles. The summed E-state index contributed by atoms with van der Waals surface area (Å²) < 4.78 is 0. The van der Waals surface area contributed by atoms with Crippen molar-refractivity contribution < 1.29 is 9.59 Å². The Morgan fingerprint density at radius 1 is 1.62 bits per heavy atom. The molecule has 1 aliphatic rings. The molecule has 1 unspecified atom stereocenters. The van der Waals surface area contributed by atoms with Gasteiger partial charge in [-0.1, -0.05) is 19.9 Å². The summed E-state index contributed by atoms with van der Waals surface area (Å²) in [5.74, 6) is -0.000694. The first-order valence-electron chi connectivity index (χ1n) is 4.41. The zero-order valence-electron chi connectivity index (χ0n) is 8.26. The third kappa shape index (κ3) is 2.41. The Labute approximate surface area is 78.2 Å². The number of carbonyl (C=O) groups is 2. The van der Waals surface area contributed by atoms with Gasteiger partial charge < -0.3 is 5.32 Å². The average Bonchev–Trinajstić information content (AvgIpc) is 1.97. The molecule has 0 saturated heterocycles. The summed E-state index contributed by atoms with van der Waals surface area (Å²) in [6, 6.07) is -0.0671. The average molecular weight is 181 g/mol. The van der Waals surface area contributed by atoms with Gasteiger partial charge in [-0.3, -0.25) is 9.59 Å². The normalized spacial score (nSPS) is 25.8. The van der Waals surface area contributed by atoms with Crippen molar-refractivity contribution in [3.63, 3.8) is 0 Å². The molecule has 0 aromatic heterocycles. The summed E-state index contributed by atoms with van der Waals surface area (Å²) in [6.45, 7) is 5.49. The van der Waals surface area contributed by atoms with E-state index in [0.717, 1.165) is 0 Å². The third-order valence-corrected chi connectivity index (χ3v) is 2.38. The van der Waals surface area contributed by atoms with Gasteiger partial charge in [-0.2, -0.15) is 0 Å². The summed E-state index contributed by atoms with van der Waals surface area (Å²) in [4.78, 5) is 22.0. The van der Waals surface area contributed by atoms with Crippen LogP contribution in [0.1, 0.15) is 27.2 Å². The number of hydrogen-bond acceptors (Lipinski definition) is 2. The lowest BCUT2D eigenvalue weighted by Gasteiger charge is -2.34. The van der Waals surface area contributed by atoms with Crippen LogP contribution in [0.15, 0.2) is 12.2 Å². The van der Waals surface area contributed by atoms with Gasteiger partial charge in [0.25, 0.3) is 0 Å². The largest absolute Gasteiger partial charge is 0.352 e. The Morgan fingerprint density at radius 3 is 2.77 bits per heavy atom. The number of nitrogens with one attached hydrogen (secondary N) is 1. The summed E-state index contributed by atoms with van der Waals surface area (Å²) in [6.07, 6.45) is 3.86. The molecule has 0 aromatic carbocycles. The lowest BCUT2D eigenvalue weighted by Crippen LogP contribution is -2.46. The molecule has 1 rings (SSSR count). The molecule has 0 bridgehead atoms. The van der Waals surface area contributed by atoms with Gasteiger partial charge in [0.05, 0.1) is 0 Å². The summed E-state index contributed by atoms with van der Waals surface area (Å²) in [7, 11) is 0. The van der Waals surface area contributed by atoms with E-state index in [-0.39, 0.29) is 23.1 Å². The molecule has 1 aliphatic carbocycles.